The summed E-state index contributed by atoms with van der Waals surface area (Å²) in [6.45, 7) is 1.45. The molecule has 0 aliphatic rings. The minimum Gasteiger partial charge on any atom is -0.352 e. The van der Waals surface area contributed by atoms with Crippen LogP contribution in [0.5, 0.6) is 0 Å². The number of aromatic amines is 1. The number of nitrogens with zero attached hydrogens (tertiary/aromatic N) is 2. The zero-order chi connectivity index (χ0) is 16.3. The van der Waals surface area contributed by atoms with Crippen molar-refractivity contribution in [3.63, 3.8) is 0 Å². The van der Waals surface area contributed by atoms with Gasteiger partial charge in [0.2, 0.25) is 0 Å². The van der Waals surface area contributed by atoms with Crippen molar-refractivity contribution in [2.75, 3.05) is 6.54 Å². The lowest BCUT2D eigenvalue weighted by atomic mass is 10.1. The van der Waals surface area contributed by atoms with Crippen LogP contribution in [-0.4, -0.2) is 27.6 Å². The molecule has 7 nitrogen and oxygen atoms in total. The lowest BCUT2D eigenvalue weighted by Crippen LogP contribution is -2.27. The maximum absolute atomic E-state index is 12.5. The van der Waals surface area contributed by atoms with Crippen LogP contribution in [0.2, 0.25) is 0 Å². The number of halogens is 3. The van der Waals surface area contributed by atoms with Crippen molar-refractivity contribution in [2.45, 2.75) is 19.5 Å². The predicted molar refractivity (Wildman–Crippen MR) is 67.1 cm³/mol. The van der Waals surface area contributed by atoms with Crippen molar-refractivity contribution in [1.82, 2.24) is 20.4 Å². The second-order valence-electron chi connectivity index (χ2n) is 4.37. The van der Waals surface area contributed by atoms with Crippen LogP contribution in [0.1, 0.15) is 27.6 Å². The molecule has 118 valence electrons. The predicted octanol–water partition coefficient (Wildman–Crippen LogP) is 1.06. The largest absolute Gasteiger partial charge is 0.438 e. The Balaban J connectivity index is 1.99. The number of hydrogen-bond acceptors (Lipinski definition) is 5. The Labute approximate surface area is 121 Å². The van der Waals surface area contributed by atoms with E-state index in [9.17, 15) is 22.8 Å². The Bertz CT molecular complexity index is 736. The Morgan fingerprint density at radius 2 is 2.14 bits per heavy atom. The summed E-state index contributed by atoms with van der Waals surface area (Å²) >= 11 is 0. The van der Waals surface area contributed by atoms with E-state index in [0.717, 1.165) is 12.1 Å². The summed E-state index contributed by atoms with van der Waals surface area (Å²) in [6.07, 6.45) is -4.34. The van der Waals surface area contributed by atoms with E-state index in [0.29, 0.717) is 0 Å². The molecule has 0 spiro atoms. The molecule has 0 fully saturated rings. The van der Waals surface area contributed by atoms with Gasteiger partial charge in [-0.3, -0.25) is 14.3 Å². The minimum atomic E-state index is -4.56. The quantitative estimate of drug-likeness (QED) is 0.878. The Kier molecular flexibility index (Phi) is 4.29. The topological polar surface area (TPSA) is 101 Å². The van der Waals surface area contributed by atoms with E-state index in [4.69, 9.17) is 0 Å². The zero-order valence-corrected chi connectivity index (χ0v) is 11.3. The summed E-state index contributed by atoms with van der Waals surface area (Å²) in [5.74, 6) is -1.01. The van der Waals surface area contributed by atoms with Crippen molar-refractivity contribution in [3.05, 3.63) is 45.5 Å². The number of carbonyl (C=O) groups is 1. The first-order valence-electron chi connectivity index (χ1n) is 6.15. The van der Waals surface area contributed by atoms with Gasteiger partial charge in [0.25, 0.3) is 5.91 Å². The van der Waals surface area contributed by atoms with Gasteiger partial charge in [0, 0.05) is 13.0 Å². The van der Waals surface area contributed by atoms with Crippen molar-refractivity contribution in [1.29, 1.82) is 0 Å². The van der Waals surface area contributed by atoms with Gasteiger partial charge in [0.15, 0.2) is 5.82 Å². The molecular formula is C12H11F3N4O3. The Morgan fingerprint density at radius 3 is 2.68 bits per heavy atom. The first kappa shape index (κ1) is 15.7. The van der Waals surface area contributed by atoms with Crippen LogP contribution >= 0.6 is 0 Å². The number of alkyl halides is 3. The van der Waals surface area contributed by atoms with Crippen molar-refractivity contribution in [2.24, 2.45) is 0 Å². The third kappa shape index (κ3) is 3.71. The van der Waals surface area contributed by atoms with Crippen LogP contribution in [0.4, 0.5) is 13.2 Å². The molecule has 2 aromatic rings. The summed E-state index contributed by atoms with van der Waals surface area (Å²) in [6, 6.07) is 1.81. The van der Waals surface area contributed by atoms with Crippen molar-refractivity contribution < 1.29 is 22.5 Å². The Hall–Kier alpha value is -2.65. The number of amides is 1. The molecule has 2 aromatic heterocycles. The number of aryl methyl sites for hydroxylation is 1. The summed E-state index contributed by atoms with van der Waals surface area (Å²) < 4.78 is 41.7. The lowest BCUT2D eigenvalue weighted by Gasteiger charge is -2.10. The smallest absolute Gasteiger partial charge is 0.352 e. The number of aromatic nitrogens is 3. The highest BCUT2D eigenvalue weighted by Crippen LogP contribution is 2.28. The first-order chi connectivity index (χ1) is 10.3. The molecule has 2 rings (SSSR count). The highest BCUT2D eigenvalue weighted by molar-refractivity contribution is 5.95. The van der Waals surface area contributed by atoms with E-state index >= 15 is 0 Å². The monoisotopic (exact) mass is 316 g/mol. The fraction of sp³-hybridized carbons (Fsp3) is 0.333. The van der Waals surface area contributed by atoms with Gasteiger partial charge < -0.3 is 5.32 Å². The maximum Gasteiger partial charge on any atom is 0.438 e. The number of hydrogen-bond donors (Lipinski definition) is 2. The fourth-order valence-electron chi connectivity index (χ4n) is 1.72. The summed E-state index contributed by atoms with van der Waals surface area (Å²) in [5, 5.41) is 5.90. The van der Waals surface area contributed by atoms with Gasteiger partial charge in [-0.2, -0.15) is 13.2 Å². The van der Waals surface area contributed by atoms with Crippen molar-refractivity contribution in [3.8, 4) is 0 Å². The normalized spacial score (nSPS) is 11.5. The van der Waals surface area contributed by atoms with E-state index < -0.39 is 23.5 Å². The minimum absolute atomic E-state index is 0.0258. The molecule has 0 saturated carbocycles. The van der Waals surface area contributed by atoms with Gasteiger partial charge in [-0.05, 0) is 19.1 Å². The SMILES string of the molecule is Cc1nc(C(F)(F)F)ccc1C(=O)NCCc1noc(=O)[nH]1. The maximum atomic E-state index is 12.5. The van der Waals surface area contributed by atoms with Gasteiger partial charge >= 0.3 is 11.9 Å². The summed E-state index contributed by atoms with van der Waals surface area (Å²) in [5.41, 5.74) is -1.04. The van der Waals surface area contributed by atoms with Crippen LogP contribution in [0.3, 0.4) is 0 Å². The van der Waals surface area contributed by atoms with Crippen LogP contribution in [-0.2, 0) is 12.6 Å². The number of H-pyrrole nitrogens is 1. The lowest BCUT2D eigenvalue weighted by molar-refractivity contribution is -0.141. The van der Waals surface area contributed by atoms with E-state index in [1.807, 2.05) is 0 Å². The van der Waals surface area contributed by atoms with Gasteiger partial charge in [0.1, 0.15) is 5.69 Å². The zero-order valence-electron chi connectivity index (χ0n) is 11.3. The van der Waals surface area contributed by atoms with Crippen LogP contribution in [0, 0.1) is 6.92 Å². The molecule has 1 amide bonds. The molecule has 0 bridgehead atoms. The number of rotatable bonds is 4. The van der Waals surface area contributed by atoms with Crippen LogP contribution < -0.4 is 11.1 Å². The highest BCUT2D eigenvalue weighted by atomic mass is 19.4. The van der Waals surface area contributed by atoms with Gasteiger partial charge in [-0.15, -0.1) is 0 Å². The molecule has 2 N–H and O–H groups in total. The third-order valence-electron chi connectivity index (χ3n) is 2.75. The molecule has 0 aromatic carbocycles. The third-order valence-corrected chi connectivity index (χ3v) is 2.75. The molecule has 0 aliphatic heterocycles. The van der Waals surface area contributed by atoms with E-state index in [2.05, 4.69) is 25.0 Å². The molecule has 10 heteroatoms. The number of carbonyl (C=O) groups excluding carboxylic acids is 1. The molecular weight excluding hydrogens is 305 g/mol. The van der Waals surface area contributed by atoms with E-state index in [1.165, 1.54) is 6.92 Å². The van der Waals surface area contributed by atoms with Gasteiger partial charge in [-0.25, -0.2) is 9.78 Å². The second-order valence-corrected chi connectivity index (χ2v) is 4.37. The van der Waals surface area contributed by atoms with E-state index in [1.54, 1.807) is 0 Å². The molecule has 0 atom stereocenters. The summed E-state index contributed by atoms with van der Waals surface area (Å²) in [7, 11) is 0. The van der Waals surface area contributed by atoms with Gasteiger partial charge in [0.05, 0.1) is 11.3 Å². The van der Waals surface area contributed by atoms with Crippen LogP contribution in [0.15, 0.2) is 21.5 Å². The highest BCUT2D eigenvalue weighted by Gasteiger charge is 2.33. The molecule has 22 heavy (non-hydrogen) atoms. The average Bonchev–Trinajstić information content (AvgIpc) is 2.83. The average molecular weight is 316 g/mol. The van der Waals surface area contributed by atoms with Gasteiger partial charge in [-0.1, -0.05) is 5.16 Å². The first-order valence-corrected chi connectivity index (χ1v) is 6.15. The molecule has 2 heterocycles. The molecule has 0 radical (unpaired) electrons. The number of nitrogens with one attached hydrogen (secondary N) is 2. The summed E-state index contributed by atoms with van der Waals surface area (Å²) in [4.78, 5) is 28.2. The fourth-order valence-corrected chi connectivity index (χ4v) is 1.72. The molecule has 0 aliphatic carbocycles. The Morgan fingerprint density at radius 1 is 1.41 bits per heavy atom. The van der Waals surface area contributed by atoms with Crippen molar-refractivity contribution >= 4 is 5.91 Å². The van der Waals surface area contributed by atoms with E-state index in [-0.39, 0.29) is 30.0 Å². The molecule has 0 unspecified atom stereocenters. The number of pyridine rings is 1. The van der Waals surface area contributed by atoms with Crippen LogP contribution in [0.25, 0.3) is 0 Å². The standard InChI is InChI=1S/C12H11F3N4O3/c1-6-7(2-3-8(17-6)12(13,14)15)10(20)16-5-4-9-18-11(21)22-19-9/h2-3H,4-5H2,1H3,(H,16,20)(H,18,19,21). The molecule has 0 saturated heterocycles. The second kappa shape index (κ2) is 6.00.